The summed E-state index contributed by atoms with van der Waals surface area (Å²) in [6, 6.07) is 3.41. The number of anilines is 1. The summed E-state index contributed by atoms with van der Waals surface area (Å²) < 4.78 is 11.4. The predicted molar refractivity (Wildman–Crippen MR) is 101 cm³/mol. The highest BCUT2D eigenvalue weighted by atomic mass is 79.9. The number of ether oxygens (including phenoxy) is 1. The second-order valence-corrected chi connectivity index (χ2v) is 7.32. The Balaban J connectivity index is 1.97. The Morgan fingerprint density at radius 3 is 2.83 bits per heavy atom. The highest BCUT2D eigenvalue weighted by Crippen LogP contribution is 2.36. The van der Waals surface area contributed by atoms with Crippen molar-refractivity contribution in [2.45, 2.75) is 26.5 Å². The zero-order chi connectivity index (χ0) is 17.7. The van der Waals surface area contributed by atoms with Gasteiger partial charge in [0, 0.05) is 16.3 Å². The minimum atomic E-state index is -0.123. The van der Waals surface area contributed by atoms with Gasteiger partial charge in [-0.2, -0.15) is 0 Å². The SMILES string of the molecule is CCOc1c(Br)cc(Cl)cc1NC(=O)CSCc1c(C)noc1C. The molecule has 5 nitrogen and oxygen atoms in total. The van der Waals surface area contributed by atoms with Gasteiger partial charge in [0.05, 0.1) is 28.2 Å². The molecule has 2 aromatic rings. The van der Waals surface area contributed by atoms with Crippen LogP contribution in [0.25, 0.3) is 0 Å². The van der Waals surface area contributed by atoms with Crippen molar-refractivity contribution < 1.29 is 14.1 Å². The Morgan fingerprint density at radius 2 is 2.21 bits per heavy atom. The number of carbonyl (C=O) groups excluding carboxylic acids is 1. The molecule has 0 aliphatic heterocycles. The lowest BCUT2D eigenvalue weighted by Gasteiger charge is -2.13. The van der Waals surface area contributed by atoms with Gasteiger partial charge in [-0.1, -0.05) is 16.8 Å². The molecule has 130 valence electrons. The second kappa shape index (κ2) is 8.78. The molecule has 0 aliphatic rings. The molecule has 2 rings (SSSR count). The summed E-state index contributed by atoms with van der Waals surface area (Å²) in [7, 11) is 0. The molecule has 8 heteroatoms. The van der Waals surface area contributed by atoms with Crippen LogP contribution in [-0.4, -0.2) is 23.4 Å². The number of nitrogens with zero attached hydrogens (tertiary/aromatic N) is 1. The Morgan fingerprint density at radius 1 is 1.46 bits per heavy atom. The molecule has 0 spiro atoms. The van der Waals surface area contributed by atoms with Crippen LogP contribution in [0.15, 0.2) is 21.1 Å². The Bertz CT molecular complexity index is 717. The van der Waals surface area contributed by atoms with Crippen molar-refractivity contribution in [2.75, 3.05) is 17.7 Å². The molecule has 0 fully saturated rings. The van der Waals surface area contributed by atoms with Crippen LogP contribution in [0, 0.1) is 13.8 Å². The molecular weight excluding hydrogens is 416 g/mol. The normalized spacial score (nSPS) is 10.7. The lowest BCUT2D eigenvalue weighted by molar-refractivity contribution is -0.113. The largest absolute Gasteiger partial charge is 0.491 e. The first kappa shape index (κ1) is 19.1. The van der Waals surface area contributed by atoms with Crippen LogP contribution in [0.4, 0.5) is 5.69 Å². The average Bonchev–Trinajstić information content (AvgIpc) is 2.82. The van der Waals surface area contributed by atoms with Crippen LogP contribution >= 0.6 is 39.3 Å². The quantitative estimate of drug-likeness (QED) is 0.667. The van der Waals surface area contributed by atoms with Gasteiger partial charge in [0.15, 0.2) is 5.75 Å². The third-order valence-electron chi connectivity index (χ3n) is 3.23. The molecule has 1 N–H and O–H groups in total. The molecule has 1 aromatic heterocycles. The maximum atomic E-state index is 12.2. The number of benzene rings is 1. The number of hydrogen-bond donors (Lipinski definition) is 1. The van der Waals surface area contributed by atoms with E-state index in [0.717, 1.165) is 17.0 Å². The Hall–Kier alpha value is -1.18. The number of thioether (sulfide) groups is 1. The number of aryl methyl sites for hydroxylation is 2. The van der Waals surface area contributed by atoms with Gasteiger partial charge in [-0.25, -0.2) is 0 Å². The molecule has 1 aromatic carbocycles. The number of rotatable bonds is 7. The van der Waals surface area contributed by atoms with Crippen molar-refractivity contribution in [3.8, 4) is 5.75 Å². The van der Waals surface area contributed by atoms with Crippen molar-refractivity contribution in [2.24, 2.45) is 0 Å². The van der Waals surface area contributed by atoms with E-state index in [1.54, 1.807) is 12.1 Å². The molecule has 0 saturated carbocycles. The van der Waals surface area contributed by atoms with Gasteiger partial charge in [0.1, 0.15) is 5.76 Å². The summed E-state index contributed by atoms with van der Waals surface area (Å²) in [6.45, 7) is 6.13. The molecule has 1 heterocycles. The van der Waals surface area contributed by atoms with E-state index in [1.807, 2.05) is 20.8 Å². The van der Waals surface area contributed by atoms with Gasteiger partial charge in [0.2, 0.25) is 5.91 Å². The van der Waals surface area contributed by atoms with Gasteiger partial charge < -0.3 is 14.6 Å². The smallest absolute Gasteiger partial charge is 0.234 e. The van der Waals surface area contributed by atoms with Crippen molar-refractivity contribution in [3.63, 3.8) is 0 Å². The van der Waals surface area contributed by atoms with Crippen LogP contribution in [0.1, 0.15) is 23.9 Å². The van der Waals surface area contributed by atoms with Crippen LogP contribution in [0.3, 0.4) is 0 Å². The molecule has 0 aliphatic carbocycles. The van der Waals surface area contributed by atoms with E-state index in [4.69, 9.17) is 20.9 Å². The number of hydrogen-bond acceptors (Lipinski definition) is 5. The Kier molecular flexibility index (Phi) is 7.01. The number of halogens is 2. The lowest BCUT2D eigenvalue weighted by Crippen LogP contribution is -2.15. The van der Waals surface area contributed by atoms with Crippen LogP contribution < -0.4 is 10.1 Å². The van der Waals surface area contributed by atoms with E-state index in [-0.39, 0.29) is 5.91 Å². The van der Waals surface area contributed by atoms with Crippen molar-refractivity contribution in [3.05, 3.63) is 38.6 Å². The summed E-state index contributed by atoms with van der Waals surface area (Å²) in [4.78, 5) is 12.2. The van der Waals surface area contributed by atoms with Crippen molar-refractivity contribution >= 4 is 50.9 Å². The van der Waals surface area contributed by atoms with Gasteiger partial charge in [0.25, 0.3) is 0 Å². The van der Waals surface area contributed by atoms with Gasteiger partial charge in [-0.15, -0.1) is 11.8 Å². The molecule has 0 radical (unpaired) electrons. The van der Waals surface area contributed by atoms with E-state index in [0.29, 0.717) is 39.0 Å². The summed E-state index contributed by atoms with van der Waals surface area (Å²) in [6.07, 6.45) is 0. The molecule has 1 amide bonds. The zero-order valence-corrected chi connectivity index (χ0v) is 16.8. The van der Waals surface area contributed by atoms with Crippen molar-refractivity contribution in [1.29, 1.82) is 0 Å². The highest BCUT2D eigenvalue weighted by molar-refractivity contribution is 9.10. The number of nitrogens with one attached hydrogen (secondary N) is 1. The fourth-order valence-corrected chi connectivity index (χ4v) is 3.98. The van der Waals surface area contributed by atoms with Gasteiger partial charge >= 0.3 is 0 Å². The third-order valence-corrected chi connectivity index (χ3v) is 5.00. The van der Waals surface area contributed by atoms with E-state index >= 15 is 0 Å². The minimum Gasteiger partial charge on any atom is -0.491 e. The summed E-state index contributed by atoms with van der Waals surface area (Å²) in [5.41, 5.74) is 2.45. The van der Waals surface area contributed by atoms with Crippen LogP contribution in [0.5, 0.6) is 5.75 Å². The number of aromatic nitrogens is 1. The second-order valence-electron chi connectivity index (χ2n) is 5.04. The average molecular weight is 434 g/mol. The third kappa shape index (κ3) is 4.91. The molecule has 0 saturated heterocycles. The first-order chi connectivity index (χ1) is 11.4. The predicted octanol–water partition coefficient (Wildman–Crippen LogP) is 4.98. The maximum Gasteiger partial charge on any atom is 0.234 e. The summed E-state index contributed by atoms with van der Waals surface area (Å²) in [5, 5.41) is 7.27. The molecule has 24 heavy (non-hydrogen) atoms. The first-order valence-corrected chi connectivity index (χ1v) is 9.66. The molecule has 0 bridgehead atoms. The fourth-order valence-electron chi connectivity index (χ4n) is 2.08. The van der Waals surface area contributed by atoms with Crippen LogP contribution in [0.2, 0.25) is 5.02 Å². The standard InChI is InChI=1S/C16H18BrClN2O3S/c1-4-22-16-13(17)5-11(18)6-14(16)19-15(21)8-24-7-12-9(2)20-23-10(12)3/h5-6H,4,7-8H2,1-3H3,(H,19,21). The van der Waals surface area contributed by atoms with E-state index in [1.165, 1.54) is 11.8 Å². The molecular formula is C16H18BrClN2O3S. The van der Waals surface area contributed by atoms with Gasteiger partial charge in [-0.3, -0.25) is 4.79 Å². The maximum absolute atomic E-state index is 12.2. The van der Waals surface area contributed by atoms with E-state index in [9.17, 15) is 4.79 Å². The lowest BCUT2D eigenvalue weighted by atomic mass is 10.2. The van der Waals surface area contributed by atoms with E-state index < -0.39 is 0 Å². The first-order valence-electron chi connectivity index (χ1n) is 7.33. The Labute approximate surface area is 158 Å². The molecule has 0 atom stereocenters. The summed E-state index contributed by atoms with van der Waals surface area (Å²) >= 11 is 11.0. The topological polar surface area (TPSA) is 64.4 Å². The summed E-state index contributed by atoms with van der Waals surface area (Å²) in [5.74, 6) is 2.22. The van der Waals surface area contributed by atoms with Gasteiger partial charge in [-0.05, 0) is 48.8 Å². The molecule has 0 unspecified atom stereocenters. The van der Waals surface area contributed by atoms with Crippen LogP contribution in [-0.2, 0) is 10.5 Å². The minimum absolute atomic E-state index is 0.123. The van der Waals surface area contributed by atoms with E-state index in [2.05, 4.69) is 26.4 Å². The monoisotopic (exact) mass is 432 g/mol. The van der Waals surface area contributed by atoms with Crippen molar-refractivity contribution in [1.82, 2.24) is 5.16 Å². The zero-order valence-electron chi connectivity index (χ0n) is 13.6. The fraction of sp³-hybridized carbons (Fsp3) is 0.375. The number of carbonyl (C=O) groups is 1. The highest BCUT2D eigenvalue weighted by Gasteiger charge is 2.14. The number of amides is 1.